The number of amides is 2. The summed E-state index contributed by atoms with van der Waals surface area (Å²) in [5.41, 5.74) is 1.94. The average Bonchev–Trinajstić information content (AvgIpc) is 2.96. The van der Waals surface area contributed by atoms with E-state index in [0.29, 0.717) is 6.42 Å². The van der Waals surface area contributed by atoms with Crippen molar-refractivity contribution in [2.75, 3.05) is 18.0 Å². The second-order valence-corrected chi connectivity index (χ2v) is 12.2. The lowest BCUT2D eigenvalue weighted by Crippen LogP contribution is -2.53. The highest BCUT2D eigenvalue weighted by Crippen LogP contribution is 2.35. The number of carbonyl (C=O) groups is 2. The summed E-state index contributed by atoms with van der Waals surface area (Å²) in [6.07, 6.45) is 1.07. The highest BCUT2D eigenvalue weighted by Gasteiger charge is 2.35. The topological polar surface area (TPSA) is 96.0 Å². The smallest absolute Gasteiger partial charge is 0.264 e. The number of hydrogen-bond donors (Lipinski definition) is 1. The Morgan fingerprint density at radius 2 is 1.68 bits per heavy atom. The Balaban J connectivity index is 2.12. The molecule has 0 saturated carbocycles. The van der Waals surface area contributed by atoms with E-state index < -0.39 is 28.5 Å². The van der Waals surface area contributed by atoms with Gasteiger partial charge in [0.1, 0.15) is 18.3 Å². The molecule has 0 unspecified atom stereocenters. The Kier molecular flexibility index (Phi) is 11.2. The van der Waals surface area contributed by atoms with Crippen LogP contribution in [0.3, 0.4) is 0 Å². The van der Waals surface area contributed by atoms with Crippen molar-refractivity contribution in [3.63, 3.8) is 0 Å². The van der Waals surface area contributed by atoms with Crippen LogP contribution in [0.1, 0.15) is 44.7 Å². The van der Waals surface area contributed by atoms with Crippen molar-refractivity contribution in [2.45, 2.75) is 64.1 Å². The number of halogens is 1. The monoisotopic (exact) mass is 599 g/mol. The van der Waals surface area contributed by atoms with Crippen LogP contribution in [-0.4, -0.2) is 50.9 Å². The number of anilines is 1. The molecule has 0 fully saturated rings. The van der Waals surface area contributed by atoms with E-state index in [1.54, 1.807) is 30.3 Å². The van der Waals surface area contributed by atoms with Crippen LogP contribution < -0.4 is 14.4 Å². The number of sulfonamides is 1. The lowest BCUT2D eigenvalue weighted by atomic mass is 10.1. The Bertz CT molecular complexity index is 1450. The van der Waals surface area contributed by atoms with Crippen molar-refractivity contribution in [3.8, 4) is 5.75 Å². The number of carbonyl (C=O) groups excluding carboxylic acids is 2. The third kappa shape index (κ3) is 8.01. The number of benzene rings is 3. The van der Waals surface area contributed by atoms with Crippen LogP contribution in [0, 0.1) is 6.92 Å². The van der Waals surface area contributed by atoms with E-state index in [4.69, 9.17) is 16.3 Å². The Labute approximate surface area is 248 Å². The van der Waals surface area contributed by atoms with Crippen LogP contribution in [-0.2, 0) is 26.2 Å². The summed E-state index contributed by atoms with van der Waals surface area (Å²) < 4.78 is 34.5. The Morgan fingerprint density at radius 1 is 0.976 bits per heavy atom. The van der Waals surface area contributed by atoms with Gasteiger partial charge in [-0.15, -0.1) is 0 Å². The summed E-state index contributed by atoms with van der Waals surface area (Å²) in [7, 11) is -2.83. The molecule has 0 aliphatic rings. The zero-order chi connectivity index (χ0) is 30.2. The molecular formula is C31H38ClN3O5S. The predicted molar refractivity (Wildman–Crippen MR) is 163 cm³/mol. The van der Waals surface area contributed by atoms with Crippen molar-refractivity contribution in [3.05, 3.63) is 88.9 Å². The van der Waals surface area contributed by atoms with Gasteiger partial charge in [-0.05, 0) is 62.6 Å². The molecule has 2 atom stereocenters. The van der Waals surface area contributed by atoms with Gasteiger partial charge >= 0.3 is 0 Å². The molecule has 0 heterocycles. The van der Waals surface area contributed by atoms with E-state index in [1.807, 2.05) is 52.0 Å². The third-order valence-electron chi connectivity index (χ3n) is 6.84. The molecule has 0 saturated heterocycles. The summed E-state index contributed by atoms with van der Waals surface area (Å²) in [4.78, 5) is 29.1. The molecule has 3 rings (SSSR count). The molecule has 0 spiro atoms. The van der Waals surface area contributed by atoms with E-state index in [9.17, 15) is 18.0 Å². The summed E-state index contributed by atoms with van der Waals surface area (Å²) in [5.74, 6) is -0.603. The van der Waals surface area contributed by atoms with Gasteiger partial charge in [-0.25, -0.2) is 8.42 Å². The molecule has 0 bridgehead atoms. The maximum atomic E-state index is 14.2. The third-order valence-corrected chi connectivity index (χ3v) is 8.85. The molecule has 1 N–H and O–H groups in total. The van der Waals surface area contributed by atoms with Gasteiger partial charge in [0.15, 0.2) is 0 Å². The second kappa shape index (κ2) is 14.4. The van der Waals surface area contributed by atoms with Crippen molar-refractivity contribution in [2.24, 2.45) is 0 Å². The van der Waals surface area contributed by atoms with Crippen LogP contribution >= 0.6 is 11.6 Å². The fourth-order valence-corrected chi connectivity index (χ4v) is 6.06. The quantitative estimate of drug-likeness (QED) is 0.277. The minimum atomic E-state index is -4.24. The Morgan fingerprint density at radius 3 is 2.29 bits per heavy atom. The summed E-state index contributed by atoms with van der Waals surface area (Å²) >= 11 is 6.29. The average molecular weight is 600 g/mol. The van der Waals surface area contributed by atoms with Gasteiger partial charge < -0.3 is 15.0 Å². The standard InChI is InChI=1S/C31H38ClN3O5S/c1-6-23(4)33-31(37)27(7-2)34(20-24-13-11-12-22(3)18-24)30(36)21-35(28-19-25(32)16-17-29(28)40-5)41(38,39)26-14-9-8-10-15-26/h8-19,23,27H,6-7,20-21H2,1-5H3,(H,33,37)/t23-,27+/m1/s1. The number of nitrogens with zero attached hydrogens (tertiary/aromatic N) is 2. The highest BCUT2D eigenvalue weighted by atomic mass is 35.5. The van der Waals surface area contributed by atoms with Gasteiger partial charge in [0, 0.05) is 17.6 Å². The zero-order valence-electron chi connectivity index (χ0n) is 24.1. The molecule has 0 radical (unpaired) electrons. The van der Waals surface area contributed by atoms with E-state index in [0.717, 1.165) is 21.9 Å². The fraction of sp³-hybridized carbons (Fsp3) is 0.355. The van der Waals surface area contributed by atoms with Crippen molar-refractivity contribution < 1.29 is 22.7 Å². The maximum Gasteiger partial charge on any atom is 0.264 e. The van der Waals surface area contributed by atoms with Crippen LogP contribution in [0.15, 0.2) is 77.7 Å². The van der Waals surface area contributed by atoms with Crippen LogP contribution in [0.5, 0.6) is 5.75 Å². The number of ether oxygens (including phenoxy) is 1. The lowest BCUT2D eigenvalue weighted by Gasteiger charge is -2.34. The molecule has 10 heteroatoms. The maximum absolute atomic E-state index is 14.2. The molecule has 3 aromatic rings. The largest absolute Gasteiger partial charge is 0.495 e. The van der Waals surface area contributed by atoms with E-state index in [1.165, 1.54) is 30.2 Å². The van der Waals surface area contributed by atoms with Crippen LogP contribution in [0.4, 0.5) is 5.69 Å². The minimum Gasteiger partial charge on any atom is -0.495 e. The van der Waals surface area contributed by atoms with Crippen LogP contribution in [0.2, 0.25) is 5.02 Å². The lowest BCUT2D eigenvalue weighted by molar-refractivity contribution is -0.140. The minimum absolute atomic E-state index is 0.00150. The molecule has 0 aliphatic carbocycles. The van der Waals surface area contributed by atoms with Crippen molar-refractivity contribution in [1.82, 2.24) is 10.2 Å². The number of hydrogen-bond acceptors (Lipinski definition) is 5. The Hall–Kier alpha value is -3.56. The first-order chi connectivity index (χ1) is 19.5. The van der Waals surface area contributed by atoms with Gasteiger partial charge in [-0.3, -0.25) is 13.9 Å². The predicted octanol–water partition coefficient (Wildman–Crippen LogP) is 5.57. The molecule has 41 heavy (non-hydrogen) atoms. The first-order valence-electron chi connectivity index (χ1n) is 13.6. The fourth-order valence-electron chi connectivity index (χ4n) is 4.46. The number of methoxy groups -OCH3 is 1. The summed E-state index contributed by atoms with van der Waals surface area (Å²) in [6, 6.07) is 19.2. The molecule has 0 aromatic heterocycles. The normalized spacial score (nSPS) is 12.7. The molecular weight excluding hydrogens is 562 g/mol. The zero-order valence-corrected chi connectivity index (χ0v) is 25.7. The van der Waals surface area contributed by atoms with Gasteiger partial charge in [-0.2, -0.15) is 0 Å². The van der Waals surface area contributed by atoms with E-state index >= 15 is 0 Å². The summed E-state index contributed by atoms with van der Waals surface area (Å²) in [6.45, 7) is 7.19. The van der Waals surface area contributed by atoms with Gasteiger partial charge in [0.25, 0.3) is 10.0 Å². The number of rotatable bonds is 13. The van der Waals surface area contributed by atoms with Crippen molar-refractivity contribution >= 4 is 39.1 Å². The summed E-state index contributed by atoms with van der Waals surface area (Å²) in [5, 5.41) is 3.25. The molecule has 0 aliphatic heterocycles. The van der Waals surface area contributed by atoms with Crippen LogP contribution in [0.25, 0.3) is 0 Å². The van der Waals surface area contributed by atoms with Gasteiger partial charge in [0.05, 0.1) is 17.7 Å². The van der Waals surface area contributed by atoms with E-state index in [2.05, 4.69) is 5.32 Å². The number of aryl methyl sites for hydroxylation is 1. The highest BCUT2D eigenvalue weighted by molar-refractivity contribution is 7.92. The molecule has 8 nitrogen and oxygen atoms in total. The van der Waals surface area contributed by atoms with E-state index in [-0.39, 0.29) is 39.8 Å². The van der Waals surface area contributed by atoms with Gasteiger partial charge in [0.2, 0.25) is 11.8 Å². The second-order valence-electron chi connectivity index (χ2n) is 9.89. The number of nitrogens with one attached hydrogen (secondary N) is 1. The molecule has 3 aromatic carbocycles. The molecule has 2 amide bonds. The molecule has 220 valence electrons. The first-order valence-corrected chi connectivity index (χ1v) is 15.4. The van der Waals surface area contributed by atoms with Crippen molar-refractivity contribution in [1.29, 1.82) is 0 Å². The van der Waals surface area contributed by atoms with Gasteiger partial charge in [-0.1, -0.05) is 73.5 Å². The SMILES string of the molecule is CC[C@@H](C)NC(=O)[C@H](CC)N(Cc1cccc(C)c1)C(=O)CN(c1cc(Cl)ccc1OC)S(=O)(=O)c1ccccc1. The first kappa shape index (κ1) is 32.0.